The summed E-state index contributed by atoms with van der Waals surface area (Å²) >= 11 is 0. The third-order valence-corrected chi connectivity index (χ3v) is 7.47. The summed E-state index contributed by atoms with van der Waals surface area (Å²) in [6, 6.07) is 0. The van der Waals surface area contributed by atoms with Gasteiger partial charge in [-0.3, -0.25) is 9.59 Å². The predicted molar refractivity (Wildman–Crippen MR) is 148 cm³/mol. The van der Waals surface area contributed by atoms with Gasteiger partial charge in [-0.1, -0.05) is 142 Å². The van der Waals surface area contributed by atoms with E-state index in [-0.39, 0.29) is 23.7 Å². The minimum atomic E-state index is -0.0979. The number of carbonyl (C=O) groups excluding carboxylic acids is 2. The first-order chi connectivity index (χ1) is 16.5. The molecule has 2 atom stereocenters. The highest BCUT2D eigenvalue weighted by Crippen LogP contribution is 2.21. The lowest BCUT2D eigenvalue weighted by atomic mass is 9.93. The van der Waals surface area contributed by atoms with Gasteiger partial charge in [0.05, 0.1) is 0 Å². The Hall–Kier alpha value is -1.06. The molecule has 0 aromatic carbocycles. The van der Waals surface area contributed by atoms with E-state index >= 15 is 0 Å². The predicted octanol–water partition coefficient (Wildman–Crippen LogP) is 8.59. The molecular weight excluding hydrogens is 420 g/mol. The number of rotatable bonds is 27. The summed E-state index contributed by atoms with van der Waals surface area (Å²) in [5.41, 5.74) is 11.3. The molecule has 0 bridgehead atoms. The molecule has 2 amide bonds. The van der Waals surface area contributed by atoms with Gasteiger partial charge in [0.1, 0.15) is 0 Å². The second-order valence-electron chi connectivity index (χ2n) is 10.7. The Morgan fingerprint density at radius 1 is 0.412 bits per heavy atom. The van der Waals surface area contributed by atoms with Gasteiger partial charge >= 0.3 is 0 Å². The van der Waals surface area contributed by atoms with Crippen molar-refractivity contribution in [1.82, 2.24) is 0 Å². The van der Waals surface area contributed by atoms with E-state index in [0.29, 0.717) is 0 Å². The number of hydrogen-bond acceptors (Lipinski definition) is 2. The van der Waals surface area contributed by atoms with Crippen LogP contribution in [0.15, 0.2) is 0 Å². The van der Waals surface area contributed by atoms with Gasteiger partial charge in [0.2, 0.25) is 11.8 Å². The van der Waals surface area contributed by atoms with E-state index in [1.165, 1.54) is 103 Å². The Balaban J connectivity index is 3.65. The molecule has 202 valence electrons. The van der Waals surface area contributed by atoms with E-state index in [1.807, 2.05) is 0 Å². The highest BCUT2D eigenvalue weighted by atomic mass is 16.1. The van der Waals surface area contributed by atoms with Crippen molar-refractivity contribution in [2.45, 2.75) is 168 Å². The molecule has 4 N–H and O–H groups in total. The number of unbranched alkanes of at least 4 members (excludes halogenated alkanes) is 17. The highest BCUT2D eigenvalue weighted by Gasteiger charge is 2.15. The molecular formula is C30H60N2O2. The van der Waals surface area contributed by atoms with Crippen LogP contribution < -0.4 is 11.5 Å². The van der Waals surface area contributed by atoms with Crippen molar-refractivity contribution in [3.05, 3.63) is 0 Å². The van der Waals surface area contributed by atoms with Gasteiger partial charge in [-0.2, -0.15) is 0 Å². The van der Waals surface area contributed by atoms with E-state index in [1.54, 1.807) is 0 Å². The van der Waals surface area contributed by atoms with Crippen molar-refractivity contribution in [1.29, 1.82) is 0 Å². The highest BCUT2D eigenvalue weighted by molar-refractivity contribution is 5.76. The van der Waals surface area contributed by atoms with Crippen LogP contribution in [-0.2, 0) is 9.59 Å². The molecule has 0 radical (unpaired) electrons. The minimum Gasteiger partial charge on any atom is -0.369 e. The van der Waals surface area contributed by atoms with Crippen molar-refractivity contribution < 1.29 is 9.59 Å². The number of amides is 2. The SMILES string of the molecule is CCCCCCCCC(CCCCCCCCCCC(CCCCCCCC)C(N)=O)C(N)=O. The molecule has 2 unspecified atom stereocenters. The van der Waals surface area contributed by atoms with E-state index in [2.05, 4.69) is 13.8 Å². The summed E-state index contributed by atoms with van der Waals surface area (Å²) in [7, 11) is 0. The monoisotopic (exact) mass is 480 g/mol. The average Bonchev–Trinajstić information content (AvgIpc) is 2.81. The van der Waals surface area contributed by atoms with Gasteiger partial charge < -0.3 is 11.5 Å². The molecule has 0 aromatic rings. The van der Waals surface area contributed by atoms with Crippen molar-refractivity contribution >= 4 is 11.8 Å². The summed E-state index contributed by atoms with van der Waals surface area (Å²) in [6.07, 6.45) is 28.8. The zero-order valence-corrected chi connectivity index (χ0v) is 23.1. The molecule has 0 saturated carbocycles. The quantitative estimate of drug-likeness (QED) is 0.115. The molecule has 0 aromatic heterocycles. The fraction of sp³-hybridized carbons (Fsp3) is 0.933. The molecule has 0 fully saturated rings. The summed E-state index contributed by atoms with van der Waals surface area (Å²) in [5.74, 6) is -0.0277. The maximum atomic E-state index is 11.7. The molecule has 34 heavy (non-hydrogen) atoms. The van der Waals surface area contributed by atoms with Crippen LogP contribution in [0.4, 0.5) is 0 Å². The maximum Gasteiger partial charge on any atom is 0.220 e. The van der Waals surface area contributed by atoms with Crippen molar-refractivity contribution in [3.8, 4) is 0 Å². The topological polar surface area (TPSA) is 86.2 Å². The first-order valence-electron chi connectivity index (χ1n) is 15.1. The molecule has 0 aliphatic rings. The number of hydrogen-bond donors (Lipinski definition) is 2. The Kier molecular flexibility index (Phi) is 24.3. The third-order valence-electron chi connectivity index (χ3n) is 7.47. The molecule has 0 spiro atoms. The number of nitrogens with two attached hydrogens (primary N) is 2. The van der Waals surface area contributed by atoms with Gasteiger partial charge in [-0.05, 0) is 25.7 Å². The molecule has 4 nitrogen and oxygen atoms in total. The number of primary amides is 2. The average molecular weight is 481 g/mol. The lowest BCUT2D eigenvalue weighted by Gasteiger charge is -2.13. The van der Waals surface area contributed by atoms with Crippen LogP contribution >= 0.6 is 0 Å². The maximum absolute atomic E-state index is 11.7. The fourth-order valence-corrected chi connectivity index (χ4v) is 5.04. The van der Waals surface area contributed by atoms with Crippen LogP contribution in [-0.4, -0.2) is 11.8 Å². The second kappa shape index (κ2) is 25.0. The minimum absolute atomic E-state index is 0.0840. The van der Waals surface area contributed by atoms with Crippen LogP contribution in [0.5, 0.6) is 0 Å². The van der Waals surface area contributed by atoms with E-state index in [0.717, 1.165) is 51.4 Å². The molecule has 0 rings (SSSR count). The lowest BCUT2D eigenvalue weighted by molar-refractivity contribution is -0.123. The Bertz CT molecular complexity index is 425. The largest absolute Gasteiger partial charge is 0.369 e. The lowest BCUT2D eigenvalue weighted by Crippen LogP contribution is -2.23. The zero-order valence-electron chi connectivity index (χ0n) is 23.1. The third kappa shape index (κ3) is 21.5. The van der Waals surface area contributed by atoms with Gasteiger partial charge in [-0.25, -0.2) is 0 Å². The van der Waals surface area contributed by atoms with Gasteiger partial charge in [0.15, 0.2) is 0 Å². The van der Waals surface area contributed by atoms with E-state index in [9.17, 15) is 9.59 Å². The normalized spacial score (nSPS) is 13.1. The molecule has 0 aliphatic carbocycles. The van der Waals surface area contributed by atoms with Crippen LogP contribution in [0.1, 0.15) is 168 Å². The van der Waals surface area contributed by atoms with Crippen molar-refractivity contribution in [2.24, 2.45) is 23.3 Å². The Morgan fingerprint density at radius 2 is 0.618 bits per heavy atom. The van der Waals surface area contributed by atoms with Gasteiger partial charge in [-0.15, -0.1) is 0 Å². The van der Waals surface area contributed by atoms with Crippen LogP contribution in [0.2, 0.25) is 0 Å². The molecule has 4 heteroatoms. The Labute approximate surface area is 212 Å². The van der Waals surface area contributed by atoms with Crippen molar-refractivity contribution in [3.63, 3.8) is 0 Å². The van der Waals surface area contributed by atoms with E-state index < -0.39 is 0 Å². The standard InChI is InChI=1S/C30H60N2O2/c1-3-5-7-9-15-19-23-27(29(31)33)25-21-17-13-11-12-14-18-22-26-28(30(32)34)24-20-16-10-8-6-4-2/h27-28H,3-26H2,1-2H3,(H2,31,33)(H2,32,34). The van der Waals surface area contributed by atoms with Crippen LogP contribution in [0.3, 0.4) is 0 Å². The Morgan fingerprint density at radius 3 is 0.824 bits per heavy atom. The van der Waals surface area contributed by atoms with Gasteiger partial charge in [0, 0.05) is 11.8 Å². The fourth-order valence-electron chi connectivity index (χ4n) is 5.04. The smallest absolute Gasteiger partial charge is 0.220 e. The van der Waals surface area contributed by atoms with Gasteiger partial charge in [0.25, 0.3) is 0 Å². The summed E-state index contributed by atoms with van der Waals surface area (Å²) in [5, 5.41) is 0. The summed E-state index contributed by atoms with van der Waals surface area (Å²) in [4.78, 5) is 23.5. The van der Waals surface area contributed by atoms with E-state index in [4.69, 9.17) is 11.5 Å². The molecule has 0 heterocycles. The van der Waals surface area contributed by atoms with Crippen LogP contribution in [0, 0.1) is 11.8 Å². The first-order valence-corrected chi connectivity index (χ1v) is 15.1. The summed E-state index contributed by atoms with van der Waals surface area (Å²) in [6.45, 7) is 4.48. The zero-order chi connectivity index (χ0) is 25.3. The summed E-state index contributed by atoms with van der Waals surface area (Å²) < 4.78 is 0. The molecule has 0 aliphatic heterocycles. The first kappa shape index (κ1) is 32.9. The second-order valence-corrected chi connectivity index (χ2v) is 10.7. The number of carbonyl (C=O) groups is 2. The molecule has 0 saturated heterocycles. The van der Waals surface area contributed by atoms with Crippen molar-refractivity contribution in [2.75, 3.05) is 0 Å². The van der Waals surface area contributed by atoms with Crippen LogP contribution in [0.25, 0.3) is 0 Å².